The fraction of sp³-hybridized carbons (Fsp3) is 0.533. The predicted molar refractivity (Wildman–Crippen MR) is 78.5 cm³/mol. The van der Waals surface area contributed by atoms with E-state index < -0.39 is 5.41 Å². The summed E-state index contributed by atoms with van der Waals surface area (Å²) in [5.74, 6) is 0.0849. The summed E-state index contributed by atoms with van der Waals surface area (Å²) in [6.07, 6.45) is 2.00. The number of piperidine rings is 1. The smallest absolute Gasteiger partial charge is 0.230 e. The molecule has 0 spiro atoms. The van der Waals surface area contributed by atoms with Gasteiger partial charge in [-0.25, -0.2) is 0 Å². The van der Waals surface area contributed by atoms with Crippen LogP contribution in [0.5, 0.6) is 0 Å². The second-order valence-electron chi connectivity index (χ2n) is 5.63. The van der Waals surface area contributed by atoms with E-state index in [0.717, 1.165) is 31.5 Å². The Bertz CT molecular complexity index is 436. The summed E-state index contributed by atoms with van der Waals surface area (Å²) >= 11 is 5.89. The molecule has 104 valence electrons. The highest BCUT2D eigenvalue weighted by Crippen LogP contribution is 2.25. The second kappa shape index (κ2) is 5.93. The third kappa shape index (κ3) is 3.48. The van der Waals surface area contributed by atoms with E-state index in [1.807, 2.05) is 38.1 Å². The molecule has 4 heteroatoms. The van der Waals surface area contributed by atoms with Crippen LogP contribution in [0.1, 0.15) is 32.3 Å². The summed E-state index contributed by atoms with van der Waals surface area (Å²) in [5, 5.41) is 7.15. The van der Waals surface area contributed by atoms with Gasteiger partial charge in [-0.1, -0.05) is 23.7 Å². The molecule has 3 nitrogen and oxygen atoms in total. The maximum atomic E-state index is 12.5. The number of carbonyl (C=O) groups excluding carboxylic acids is 1. The molecule has 2 rings (SSSR count). The van der Waals surface area contributed by atoms with Crippen molar-refractivity contribution in [3.05, 3.63) is 34.9 Å². The van der Waals surface area contributed by atoms with Gasteiger partial charge in [-0.3, -0.25) is 4.79 Å². The third-order valence-electron chi connectivity index (χ3n) is 3.81. The maximum Gasteiger partial charge on any atom is 0.230 e. The van der Waals surface area contributed by atoms with Crippen molar-refractivity contribution in [1.29, 1.82) is 0 Å². The van der Waals surface area contributed by atoms with Crippen molar-refractivity contribution in [3.8, 4) is 0 Å². The molecule has 2 N–H and O–H groups in total. The van der Waals surface area contributed by atoms with E-state index in [0.29, 0.717) is 11.1 Å². The molecule has 1 aliphatic rings. The molecule has 1 fully saturated rings. The van der Waals surface area contributed by atoms with Gasteiger partial charge in [0.1, 0.15) is 0 Å². The van der Waals surface area contributed by atoms with Crippen molar-refractivity contribution in [3.63, 3.8) is 0 Å². The zero-order chi connectivity index (χ0) is 13.9. The van der Waals surface area contributed by atoms with E-state index >= 15 is 0 Å². The minimum atomic E-state index is -0.532. The molecule has 0 saturated carbocycles. The standard InChI is InChI=1S/C15H21ClN2O/c1-15(2,11-3-5-12(16)6-4-11)14(19)18-13-7-9-17-10-8-13/h3-6,13,17H,7-10H2,1-2H3,(H,18,19). The molecular weight excluding hydrogens is 260 g/mol. The number of hydrogen-bond donors (Lipinski definition) is 2. The molecule has 1 aliphatic heterocycles. The van der Waals surface area contributed by atoms with E-state index in [-0.39, 0.29) is 5.91 Å². The van der Waals surface area contributed by atoms with Gasteiger partial charge in [0.05, 0.1) is 5.41 Å². The fourth-order valence-electron chi connectivity index (χ4n) is 2.33. The highest BCUT2D eigenvalue weighted by molar-refractivity contribution is 6.30. The highest BCUT2D eigenvalue weighted by Gasteiger charge is 2.31. The van der Waals surface area contributed by atoms with Crippen LogP contribution in [-0.2, 0) is 10.2 Å². The molecule has 0 aromatic heterocycles. The minimum Gasteiger partial charge on any atom is -0.353 e. The number of nitrogens with one attached hydrogen (secondary N) is 2. The van der Waals surface area contributed by atoms with Crippen molar-refractivity contribution >= 4 is 17.5 Å². The first-order valence-corrected chi connectivity index (χ1v) is 7.15. The van der Waals surface area contributed by atoms with Crippen molar-refractivity contribution in [1.82, 2.24) is 10.6 Å². The van der Waals surface area contributed by atoms with Crippen LogP contribution >= 0.6 is 11.6 Å². The first-order valence-electron chi connectivity index (χ1n) is 6.78. The summed E-state index contributed by atoms with van der Waals surface area (Å²) < 4.78 is 0. The summed E-state index contributed by atoms with van der Waals surface area (Å²) in [5.41, 5.74) is 0.457. The average Bonchev–Trinajstić information content (AvgIpc) is 2.40. The monoisotopic (exact) mass is 280 g/mol. The molecule has 19 heavy (non-hydrogen) atoms. The Morgan fingerprint density at radius 2 is 1.84 bits per heavy atom. The van der Waals surface area contributed by atoms with Crippen LogP contribution < -0.4 is 10.6 Å². The zero-order valence-corrected chi connectivity index (χ0v) is 12.3. The van der Waals surface area contributed by atoms with Crippen molar-refractivity contribution in [2.45, 2.75) is 38.1 Å². The third-order valence-corrected chi connectivity index (χ3v) is 4.06. The van der Waals surface area contributed by atoms with Crippen LogP contribution in [0.2, 0.25) is 5.02 Å². The molecule has 0 atom stereocenters. The van der Waals surface area contributed by atoms with Crippen LogP contribution in [0.25, 0.3) is 0 Å². The Kier molecular flexibility index (Phi) is 4.48. The predicted octanol–water partition coefficient (Wildman–Crippen LogP) is 2.49. The van der Waals surface area contributed by atoms with Crippen LogP contribution in [0, 0.1) is 0 Å². The second-order valence-corrected chi connectivity index (χ2v) is 6.07. The van der Waals surface area contributed by atoms with Gasteiger partial charge in [0.2, 0.25) is 5.91 Å². The molecule has 1 saturated heterocycles. The Balaban J connectivity index is 2.05. The molecule has 0 radical (unpaired) electrons. The Morgan fingerprint density at radius 3 is 2.42 bits per heavy atom. The normalized spacial score (nSPS) is 17.2. The lowest BCUT2D eigenvalue weighted by atomic mass is 9.83. The summed E-state index contributed by atoms with van der Waals surface area (Å²) in [4.78, 5) is 12.5. The molecule has 1 amide bonds. The molecule has 1 heterocycles. The Morgan fingerprint density at radius 1 is 1.26 bits per heavy atom. The van der Waals surface area contributed by atoms with Gasteiger partial charge in [-0.05, 0) is 57.5 Å². The fourth-order valence-corrected chi connectivity index (χ4v) is 2.46. The SMILES string of the molecule is CC(C)(C(=O)NC1CCNCC1)c1ccc(Cl)cc1. The molecule has 1 aromatic carbocycles. The van der Waals surface area contributed by atoms with E-state index in [1.54, 1.807) is 0 Å². The average molecular weight is 281 g/mol. The number of halogens is 1. The Labute approximate surface area is 119 Å². The molecule has 0 aliphatic carbocycles. The largest absolute Gasteiger partial charge is 0.353 e. The van der Waals surface area contributed by atoms with Crippen LogP contribution in [0.15, 0.2) is 24.3 Å². The van der Waals surface area contributed by atoms with E-state index in [1.165, 1.54) is 0 Å². The summed E-state index contributed by atoms with van der Waals surface area (Å²) in [6.45, 7) is 5.86. The van der Waals surface area contributed by atoms with E-state index in [4.69, 9.17) is 11.6 Å². The number of carbonyl (C=O) groups is 1. The van der Waals surface area contributed by atoms with Crippen LogP contribution in [0.3, 0.4) is 0 Å². The lowest BCUT2D eigenvalue weighted by Crippen LogP contribution is -2.48. The van der Waals surface area contributed by atoms with Gasteiger partial charge >= 0.3 is 0 Å². The number of hydrogen-bond acceptors (Lipinski definition) is 2. The maximum absolute atomic E-state index is 12.5. The van der Waals surface area contributed by atoms with Gasteiger partial charge in [0.25, 0.3) is 0 Å². The van der Waals surface area contributed by atoms with E-state index in [2.05, 4.69) is 10.6 Å². The van der Waals surface area contributed by atoms with Crippen molar-refractivity contribution in [2.24, 2.45) is 0 Å². The Hall–Kier alpha value is -1.06. The summed E-state index contributed by atoms with van der Waals surface area (Å²) in [6, 6.07) is 7.79. The van der Waals surface area contributed by atoms with Crippen LogP contribution in [-0.4, -0.2) is 25.0 Å². The lowest BCUT2D eigenvalue weighted by molar-refractivity contribution is -0.126. The molecule has 0 bridgehead atoms. The quantitative estimate of drug-likeness (QED) is 0.893. The first-order chi connectivity index (χ1) is 9.00. The number of rotatable bonds is 3. The number of benzene rings is 1. The molecular formula is C15H21ClN2O. The van der Waals surface area contributed by atoms with Gasteiger partial charge < -0.3 is 10.6 Å². The van der Waals surface area contributed by atoms with Crippen molar-refractivity contribution < 1.29 is 4.79 Å². The van der Waals surface area contributed by atoms with Gasteiger partial charge in [-0.2, -0.15) is 0 Å². The van der Waals surface area contributed by atoms with E-state index in [9.17, 15) is 4.79 Å². The minimum absolute atomic E-state index is 0.0849. The summed E-state index contributed by atoms with van der Waals surface area (Å²) in [7, 11) is 0. The van der Waals surface area contributed by atoms with Gasteiger partial charge in [-0.15, -0.1) is 0 Å². The molecule has 0 unspecified atom stereocenters. The first kappa shape index (κ1) is 14.4. The number of amides is 1. The molecule has 1 aromatic rings. The van der Waals surface area contributed by atoms with Crippen LogP contribution in [0.4, 0.5) is 0 Å². The zero-order valence-electron chi connectivity index (χ0n) is 11.5. The lowest BCUT2D eigenvalue weighted by Gasteiger charge is -2.30. The highest BCUT2D eigenvalue weighted by atomic mass is 35.5. The van der Waals surface area contributed by atoms with Gasteiger partial charge in [0.15, 0.2) is 0 Å². The topological polar surface area (TPSA) is 41.1 Å². The van der Waals surface area contributed by atoms with Gasteiger partial charge in [0, 0.05) is 11.1 Å². The van der Waals surface area contributed by atoms with Crippen molar-refractivity contribution in [2.75, 3.05) is 13.1 Å².